The van der Waals surface area contributed by atoms with Crippen LogP contribution >= 0.6 is 0 Å². The quantitative estimate of drug-likeness (QED) is 0.0960. The van der Waals surface area contributed by atoms with Crippen LogP contribution in [0.3, 0.4) is 0 Å². The van der Waals surface area contributed by atoms with Gasteiger partial charge >= 0.3 is 0 Å². The first-order valence-electron chi connectivity index (χ1n) is 10.8. The van der Waals surface area contributed by atoms with Gasteiger partial charge < -0.3 is 8.84 Å². The fraction of sp³-hybridized carbons (Fsp3) is 0.909. The molecule has 0 aliphatic heterocycles. The van der Waals surface area contributed by atoms with Gasteiger partial charge in [0, 0.05) is 6.61 Å². The first-order chi connectivity index (χ1) is 11.9. The molecule has 0 unspecified atom stereocenters. The lowest BCUT2D eigenvalue weighted by Crippen LogP contribution is -2.16. The summed E-state index contributed by atoms with van der Waals surface area (Å²) in [5.41, 5.74) is 1.11. The van der Waals surface area contributed by atoms with Crippen molar-refractivity contribution in [1.29, 1.82) is 0 Å². The summed E-state index contributed by atoms with van der Waals surface area (Å²) in [6, 6.07) is 0.856. The van der Waals surface area contributed by atoms with Gasteiger partial charge in [-0.1, -0.05) is 95.6 Å². The maximum Gasteiger partial charge on any atom is 0.240 e. The molecule has 0 aromatic carbocycles. The second kappa shape index (κ2) is 17.3. The molecule has 0 radical (unpaired) electrons. The van der Waals surface area contributed by atoms with Crippen molar-refractivity contribution in [3.63, 3.8) is 0 Å². The molecule has 0 bridgehead atoms. The molecule has 0 aliphatic carbocycles. The van der Waals surface area contributed by atoms with Crippen molar-refractivity contribution >= 4 is 8.41 Å². The van der Waals surface area contributed by atoms with E-state index in [1.165, 1.54) is 83.5 Å². The van der Waals surface area contributed by atoms with Crippen molar-refractivity contribution in [2.24, 2.45) is 0 Å². The van der Waals surface area contributed by atoms with Crippen LogP contribution in [0, 0.1) is 0 Å². The maximum atomic E-state index is 13.4. The number of hydrogen-bond donors (Lipinski definition) is 0. The van der Waals surface area contributed by atoms with Gasteiger partial charge in [-0.25, -0.2) is 0 Å². The van der Waals surface area contributed by atoms with Crippen LogP contribution in [0.1, 0.15) is 96.8 Å². The van der Waals surface area contributed by atoms with Crippen molar-refractivity contribution in [2.45, 2.75) is 116 Å². The Morgan fingerprint density at radius 2 is 1.08 bits per heavy atom. The number of unbranched alkanes of at least 4 members (excludes halogenated alkanes) is 13. The number of ether oxygens (including phenoxy) is 1. The lowest BCUT2D eigenvalue weighted by atomic mass is 10.0. The minimum Gasteiger partial charge on any atom is -0.377 e. The topological polar surface area (TPSA) is 9.23 Å². The minimum atomic E-state index is -2.28. The van der Waals surface area contributed by atoms with Crippen LogP contribution in [0.4, 0.5) is 4.11 Å². The van der Waals surface area contributed by atoms with E-state index in [2.05, 4.69) is 6.58 Å². The molecule has 0 aromatic rings. The molecule has 3 heteroatoms. The molecule has 0 heterocycles. The molecule has 1 nitrogen and oxygen atoms in total. The minimum absolute atomic E-state index is 0.720. The van der Waals surface area contributed by atoms with Crippen LogP contribution in [0.5, 0.6) is 0 Å². The molecular formula is C22H45FOSi. The third kappa shape index (κ3) is 23.8. The lowest BCUT2D eigenvalue weighted by Gasteiger charge is -2.09. The van der Waals surface area contributed by atoms with Gasteiger partial charge in [0.15, 0.2) is 0 Å². The van der Waals surface area contributed by atoms with Crippen molar-refractivity contribution in [1.82, 2.24) is 0 Å². The highest BCUT2D eigenvalue weighted by atomic mass is 28.4. The van der Waals surface area contributed by atoms with E-state index in [0.717, 1.165) is 31.3 Å². The predicted octanol–water partition coefficient (Wildman–Crippen LogP) is 8.22. The summed E-state index contributed by atoms with van der Waals surface area (Å²) in [6.45, 7) is 11.1. The zero-order valence-electron chi connectivity index (χ0n) is 17.5. The molecule has 0 aliphatic rings. The third-order valence-electron chi connectivity index (χ3n) is 4.66. The highest BCUT2D eigenvalue weighted by Crippen LogP contribution is 2.17. The Balaban J connectivity index is 3.04. The second-order valence-electron chi connectivity index (χ2n) is 8.43. The first-order valence-corrected chi connectivity index (χ1v) is 13.9. The smallest absolute Gasteiger partial charge is 0.240 e. The molecule has 0 rings (SSSR count). The Bertz CT molecular complexity index is 299. The Labute approximate surface area is 159 Å². The standard InChI is InChI=1S/C22H45FOSi/c1-22(2)21-24-19-17-15-13-11-9-7-5-6-8-10-12-14-16-18-20-25(3,4)23/h1,5-21H2,2-4H3. The van der Waals surface area contributed by atoms with Crippen molar-refractivity contribution in [3.05, 3.63) is 12.2 Å². The Hall–Kier alpha value is -0.153. The normalized spacial score (nSPS) is 11.8. The third-order valence-corrected chi connectivity index (χ3v) is 6.20. The monoisotopic (exact) mass is 372 g/mol. The Morgan fingerprint density at radius 3 is 1.44 bits per heavy atom. The van der Waals surface area contributed by atoms with Crippen LogP contribution in [0.15, 0.2) is 12.2 Å². The van der Waals surface area contributed by atoms with Gasteiger partial charge in [-0.15, -0.1) is 0 Å². The summed E-state index contributed by atoms with van der Waals surface area (Å²) >= 11 is 0. The molecular weight excluding hydrogens is 327 g/mol. The molecule has 0 N–H and O–H groups in total. The highest BCUT2D eigenvalue weighted by molar-refractivity contribution is 6.70. The van der Waals surface area contributed by atoms with E-state index >= 15 is 0 Å². The van der Waals surface area contributed by atoms with E-state index in [1.54, 1.807) is 0 Å². The summed E-state index contributed by atoms with van der Waals surface area (Å²) in [4.78, 5) is 0. The Kier molecular flexibility index (Phi) is 17.2. The number of hydrogen-bond acceptors (Lipinski definition) is 1. The molecule has 0 spiro atoms. The largest absolute Gasteiger partial charge is 0.377 e. The van der Waals surface area contributed by atoms with Gasteiger partial charge in [0.1, 0.15) is 0 Å². The molecule has 0 saturated carbocycles. The fourth-order valence-corrected chi connectivity index (χ4v) is 4.21. The zero-order chi connectivity index (χ0) is 18.8. The average Bonchev–Trinajstić information content (AvgIpc) is 2.52. The summed E-state index contributed by atoms with van der Waals surface area (Å²) in [5, 5.41) is 0. The SMILES string of the molecule is C=C(C)COCCCCCCCCCCCCCCCC[Si](C)(C)F. The molecule has 25 heavy (non-hydrogen) atoms. The van der Waals surface area contributed by atoms with Gasteiger partial charge in [-0.05, 0) is 32.5 Å². The molecule has 0 atom stereocenters. The van der Waals surface area contributed by atoms with Crippen LogP contribution in [0.2, 0.25) is 19.1 Å². The van der Waals surface area contributed by atoms with E-state index in [4.69, 9.17) is 4.74 Å². The second-order valence-corrected chi connectivity index (χ2v) is 12.4. The Morgan fingerprint density at radius 1 is 0.720 bits per heavy atom. The van der Waals surface area contributed by atoms with Crippen LogP contribution in [-0.2, 0) is 4.74 Å². The predicted molar refractivity (Wildman–Crippen MR) is 114 cm³/mol. The van der Waals surface area contributed by atoms with E-state index in [-0.39, 0.29) is 0 Å². The lowest BCUT2D eigenvalue weighted by molar-refractivity contribution is 0.151. The average molecular weight is 373 g/mol. The number of halogens is 1. The molecule has 0 saturated heterocycles. The van der Waals surface area contributed by atoms with E-state index in [0.29, 0.717) is 0 Å². The van der Waals surface area contributed by atoms with Crippen LogP contribution in [-0.4, -0.2) is 21.6 Å². The van der Waals surface area contributed by atoms with Gasteiger partial charge in [0.25, 0.3) is 0 Å². The van der Waals surface area contributed by atoms with E-state index < -0.39 is 8.41 Å². The highest BCUT2D eigenvalue weighted by Gasteiger charge is 2.18. The molecule has 0 aromatic heterocycles. The summed E-state index contributed by atoms with van der Waals surface area (Å²) < 4.78 is 19.0. The van der Waals surface area contributed by atoms with Gasteiger partial charge in [0.2, 0.25) is 8.41 Å². The zero-order valence-corrected chi connectivity index (χ0v) is 18.5. The summed E-state index contributed by atoms with van der Waals surface area (Å²) in [5.74, 6) is 0. The van der Waals surface area contributed by atoms with Crippen LogP contribution in [0.25, 0.3) is 0 Å². The number of rotatable bonds is 19. The van der Waals surface area contributed by atoms with Gasteiger partial charge in [-0.3, -0.25) is 0 Å². The van der Waals surface area contributed by atoms with Gasteiger partial charge in [0.05, 0.1) is 6.61 Å². The maximum absolute atomic E-state index is 13.4. The fourth-order valence-electron chi connectivity index (χ4n) is 3.12. The molecule has 0 fully saturated rings. The van der Waals surface area contributed by atoms with Crippen molar-refractivity contribution < 1.29 is 8.84 Å². The van der Waals surface area contributed by atoms with E-state index in [1.807, 2.05) is 20.0 Å². The summed E-state index contributed by atoms with van der Waals surface area (Å²) in [6.07, 6.45) is 18.6. The van der Waals surface area contributed by atoms with Crippen molar-refractivity contribution in [3.8, 4) is 0 Å². The van der Waals surface area contributed by atoms with E-state index in [9.17, 15) is 4.11 Å². The van der Waals surface area contributed by atoms with Crippen LogP contribution < -0.4 is 0 Å². The molecule has 0 amide bonds. The molecule has 150 valence electrons. The summed E-state index contributed by atoms with van der Waals surface area (Å²) in [7, 11) is -2.28. The van der Waals surface area contributed by atoms with Gasteiger partial charge in [-0.2, -0.15) is 0 Å². The first kappa shape index (κ1) is 24.8. The van der Waals surface area contributed by atoms with Crippen molar-refractivity contribution in [2.75, 3.05) is 13.2 Å².